The van der Waals surface area contributed by atoms with Crippen LogP contribution in [0.5, 0.6) is 0 Å². The number of esters is 1. The highest BCUT2D eigenvalue weighted by Gasteiger charge is 2.19. The van der Waals surface area contributed by atoms with Crippen LogP contribution in [0.1, 0.15) is 41.6 Å². The van der Waals surface area contributed by atoms with Gasteiger partial charge in [0.25, 0.3) is 0 Å². The first-order valence-corrected chi connectivity index (χ1v) is 5.74. The quantitative estimate of drug-likeness (QED) is 0.572. The first-order chi connectivity index (χ1) is 7.83. The first kappa shape index (κ1) is 10.9. The van der Waals surface area contributed by atoms with Crippen molar-refractivity contribution in [1.82, 2.24) is 0 Å². The fraction of sp³-hybridized carbons (Fsp3) is 0.357. The SMILES string of the molecule is CCOC(=O)c1ccccc1C1CC=CC1. The van der Waals surface area contributed by atoms with E-state index in [1.165, 1.54) is 0 Å². The van der Waals surface area contributed by atoms with Gasteiger partial charge in [-0.3, -0.25) is 0 Å². The van der Waals surface area contributed by atoms with Gasteiger partial charge in [0.05, 0.1) is 12.2 Å². The molecule has 0 bridgehead atoms. The molecule has 1 aromatic rings. The molecule has 0 radical (unpaired) electrons. The molecule has 0 unspecified atom stereocenters. The summed E-state index contributed by atoms with van der Waals surface area (Å²) in [6.07, 6.45) is 6.39. The number of rotatable bonds is 3. The Labute approximate surface area is 95.9 Å². The molecule has 1 aromatic carbocycles. The summed E-state index contributed by atoms with van der Waals surface area (Å²) in [6, 6.07) is 7.75. The molecular weight excluding hydrogens is 200 g/mol. The molecule has 16 heavy (non-hydrogen) atoms. The summed E-state index contributed by atoms with van der Waals surface area (Å²) in [7, 11) is 0. The Balaban J connectivity index is 2.26. The molecule has 0 atom stereocenters. The molecule has 0 saturated carbocycles. The van der Waals surface area contributed by atoms with Crippen LogP contribution in [0.15, 0.2) is 36.4 Å². The largest absolute Gasteiger partial charge is 0.462 e. The van der Waals surface area contributed by atoms with Gasteiger partial charge in [-0.1, -0.05) is 30.4 Å². The zero-order valence-electron chi connectivity index (χ0n) is 9.48. The van der Waals surface area contributed by atoms with Crippen molar-refractivity contribution in [1.29, 1.82) is 0 Å². The minimum absolute atomic E-state index is 0.204. The Morgan fingerprint density at radius 2 is 2.00 bits per heavy atom. The van der Waals surface area contributed by atoms with Crippen LogP contribution in [-0.4, -0.2) is 12.6 Å². The zero-order chi connectivity index (χ0) is 11.4. The normalized spacial score (nSPS) is 15.3. The van der Waals surface area contributed by atoms with E-state index in [9.17, 15) is 4.79 Å². The van der Waals surface area contributed by atoms with Gasteiger partial charge in [0.15, 0.2) is 0 Å². The van der Waals surface area contributed by atoms with Crippen LogP contribution >= 0.6 is 0 Å². The standard InChI is InChI=1S/C14H16O2/c1-2-16-14(15)13-10-6-5-9-12(13)11-7-3-4-8-11/h3-6,9-11H,2,7-8H2,1H3. The Bertz CT molecular complexity index is 399. The summed E-state index contributed by atoms with van der Waals surface area (Å²) in [4.78, 5) is 11.8. The molecule has 0 spiro atoms. The van der Waals surface area contributed by atoms with Crippen LogP contribution in [0.2, 0.25) is 0 Å². The Morgan fingerprint density at radius 3 is 2.69 bits per heavy atom. The van der Waals surface area contributed by atoms with E-state index in [4.69, 9.17) is 4.74 Å². The third-order valence-corrected chi connectivity index (χ3v) is 2.90. The highest BCUT2D eigenvalue weighted by molar-refractivity contribution is 5.91. The van der Waals surface area contributed by atoms with Crippen molar-refractivity contribution in [3.63, 3.8) is 0 Å². The fourth-order valence-electron chi connectivity index (χ4n) is 2.12. The first-order valence-electron chi connectivity index (χ1n) is 5.74. The molecule has 0 fully saturated rings. The van der Waals surface area contributed by atoms with E-state index in [2.05, 4.69) is 12.2 Å². The van der Waals surface area contributed by atoms with Gasteiger partial charge in [0.1, 0.15) is 0 Å². The third kappa shape index (κ3) is 2.16. The molecule has 2 heteroatoms. The number of carbonyl (C=O) groups excluding carboxylic acids is 1. The second-order valence-electron chi connectivity index (χ2n) is 3.95. The summed E-state index contributed by atoms with van der Waals surface area (Å²) >= 11 is 0. The van der Waals surface area contributed by atoms with E-state index >= 15 is 0 Å². The van der Waals surface area contributed by atoms with Crippen LogP contribution in [0.3, 0.4) is 0 Å². The summed E-state index contributed by atoms with van der Waals surface area (Å²) in [6.45, 7) is 2.26. The molecule has 2 rings (SSSR count). The molecule has 1 aliphatic rings. The van der Waals surface area contributed by atoms with E-state index in [0.717, 1.165) is 24.0 Å². The topological polar surface area (TPSA) is 26.3 Å². The van der Waals surface area contributed by atoms with E-state index in [1.807, 2.05) is 31.2 Å². The molecule has 2 nitrogen and oxygen atoms in total. The van der Waals surface area contributed by atoms with Gasteiger partial charge in [-0.2, -0.15) is 0 Å². The predicted molar refractivity (Wildman–Crippen MR) is 63.5 cm³/mol. The molecule has 1 aliphatic carbocycles. The van der Waals surface area contributed by atoms with Gasteiger partial charge in [-0.15, -0.1) is 0 Å². The predicted octanol–water partition coefficient (Wildman–Crippen LogP) is 3.30. The second-order valence-corrected chi connectivity index (χ2v) is 3.95. The van der Waals surface area contributed by atoms with Crippen molar-refractivity contribution in [3.8, 4) is 0 Å². The number of hydrogen-bond donors (Lipinski definition) is 0. The second kappa shape index (κ2) is 4.97. The maximum atomic E-state index is 11.8. The molecule has 0 amide bonds. The van der Waals surface area contributed by atoms with Crippen LogP contribution in [0.25, 0.3) is 0 Å². The van der Waals surface area contributed by atoms with Crippen molar-refractivity contribution in [2.45, 2.75) is 25.7 Å². The monoisotopic (exact) mass is 216 g/mol. The summed E-state index contributed by atoms with van der Waals surface area (Å²) < 4.78 is 5.07. The Hall–Kier alpha value is -1.57. The summed E-state index contributed by atoms with van der Waals surface area (Å²) in [5, 5.41) is 0. The van der Waals surface area contributed by atoms with E-state index in [0.29, 0.717) is 12.5 Å². The molecule has 84 valence electrons. The van der Waals surface area contributed by atoms with Gasteiger partial charge in [0, 0.05) is 0 Å². The minimum atomic E-state index is -0.204. The van der Waals surface area contributed by atoms with Crippen molar-refractivity contribution in [3.05, 3.63) is 47.5 Å². The maximum Gasteiger partial charge on any atom is 0.338 e. The van der Waals surface area contributed by atoms with Crippen LogP contribution in [-0.2, 0) is 4.74 Å². The van der Waals surface area contributed by atoms with Crippen LogP contribution < -0.4 is 0 Å². The number of hydrogen-bond acceptors (Lipinski definition) is 2. The van der Waals surface area contributed by atoms with Crippen molar-refractivity contribution in [2.24, 2.45) is 0 Å². The van der Waals surface area contributed by atoms with Crippen LogP contribution in [0.4, 0.5) is 0 Å². The van der Waals surface area contributed by atoms with E-state index < -0.39 is 0 Å². The zero-order valence-corrected chi connectivity index (χ0v) is 9.48. The van der Waals surface area contributed by atoms with Crippen molar-refractivity contribution >= 4 is 5.97 Å². The molecule has 0 N–H and O–H groups in total. The van der Waals surface area contributed by atoms with Gasteiger partial charge in [-0.25, -0.2) is 4.79 Å². The average Bonchev–Trinajstić information content (AvgIpc) is 2.83. The van der Waals surface area contributed by atoms with E-state index in [1.54, 1.807) is 0 Å². The average molecular weight is 216 g/mol. The van der Waals surface area contributed by atoms with Gasteiger partial charge >= 0.3 is 5.97 Å². The number of ether oxygens (including phenoxy) is 1. The van der Waals surface area contributed by atoms with Crippen LogP contribution in [0, 0.1) is 0 Å². The third-order valence-electron chi connectivity index (χ3n) is 2.90. The molecule has 0 saturated heterocycles. The molecular formula is C14H16O2. The molecule has 0 aromatic heterocycles. The fourth-order valence-corrected chi connectivity index (χ4v) is 2.12. The maximum absolute atomic E-state index is 11.8. The molecule has 0 aliphatic heterocycles. The highest BCUT2D eigenvalue weighted by atomic mass is 16.5. The minimum Gasteiger partial charge on any atom is -0.462 e. The number of allylic oxidation sites excluding steroid dienone is 2. The van der Waals surface area contributed by atoms with Gasteiger partial charge < -0.3 is 4.74 Å². The van der Waals surface area contributed by atoms with E-state index in [-0.39, 0.29) is 5.97 Å². The smallest absolute Gasteiger partial charge is 0.338 e. The lowest BCUT2D eigenvalue weighted by atomic mass is 9.92. The van der Waals surface area contributed by atoms with Crippen molar-refractivity contribution in [2.75, 3.05) is 6.61 Å². The lowest BCUT2D eigenvalue weighted by molar-refractivity contribution is 0.0524. The lowest BCUT2D eigenvalue weighted by Crippen LogP contribution is -2.09. The van der Waals surface area contributed by atoms with Gasteiger partial charge in [0.2, 0.25) is 0 Å². The lowest BCUT2D eigenvalue weighted by Gasteiger charge is -2.14. The Morgan fingerprint density at radius 1 is 1.31 bits per heavy atom. The van der Waals surface area contributed by atoms with Crippen molar-refractivity contribution < 1.29 is 9.53 Å². The van der Waals surface area contributed by atoms with Gasteiger partial charge in [-0.05, 0) is 37.3 Å². The molecule has 0 heterocycles. The number of carbonyl (C=O) groups is 1. The highest BCUT2D eigenvalue weighted by Crippen LogP contribution is 2.31. The number of benzene rings is 1. The summed E-state index contributed by atoms with van der Waals surface area (Å²) in [5.74, 6) is 0.241. The Kier molecular flexibility index (Phi) is 3.40. The summed E-state index contributed by atoms with van der Waals surface area (Å²) in [5.41, 5.74) is 1.84.